The Balaban J connectivity index is 1.23. The molecule has 0 amide bonds. The van der Waals surface area contributed by atoms with Crippen molar-refractivity contribution < 1.29 is 36.7 Å². The Hall–Kier alpha value is -4.98. The number of fused-ring (bicyclic) bond motifs is 9. The van der Waals surface area contributed by atoms with Crippen molar-refractivity contribution in [1.82, 2.24) is 9.13 Å². The van der Waals surface area contributed by atoms with E-state index in [9.17, 15) is 36.7 Å². The van der Waals surface area contributed by atoms with E-state index in [-0.39, 0.29) is 45.5 Å². The topological polar surface area (TPSA) is 78.1 Å². The average molecular weight is 799 g/mol. The average Bonchev–Trinajstić information content (AvgIpc) is 3.99. The second-order valence-corrected chi connectivity index (χ2v) is 17.4. The lowest BCUT2D eigenvalue weighted by Crippen LogP contribution is -2.07. The van der Waals surface area contributed by atoms with Crippen LogP contribution in [0.15, 0.2) is 47.5 Å². The molecule has 55 heavy (non-hydrogen) atoms. The molecule has 2 aliphatic carbocycles. The number of halogens is 4. The molecule has 5 heterocycles. The first kappa shape index (κ1) is 35.7. The maximum Gasteiger partial charge on any atom is 0.197 e. The van der Waals surface area contributed by atoms with Gasteiger partial charge in [0, 0.05) is 44.1 Å². The van der Waals surface area contributed by atoms with E-state index < -0.39 is 46.4 Å². The van der Waals surface area contributed by atoms with Crippen LogP contribution in [0.4, 0.5) is 17.6 Å². The second kappa shape index (κ2) is 12.8. The second-order valence-electron chi connectivity index (χ2n) is 14.3. The maximum absolute atomic E-state index is 14.0. The Morgan fingerprint density at radius 2 is 0.855 bits per heavy atom. The number of nitrogens with zero attached hydrogens (tertiary/aromatic N) is 2. The number of rotatable bonds is 8. The molecule has 9 rings (SSSR count). The minimum atomic E-state index is -1.19. The molecule has 278 valence electrons. The van der Waals surface area contributed by atoms with Crippen LogP contribution in [0.3, 0.4) is 0 Å². The van der Waals surface area contributed by atoms with Crippen molar-refractivity contribution in [3.05, 3.63) is 103 Å². The monoisotopic (exact) mass is 798 g/mol. The predicted molar refractivity (Wildman–Crippen MR) is 211 cm³/mol. The SMILES string of the molecule is CCCC(C)n1c2cc(C=C3C(=O)c4cc(F)c(F)cc4C3=O)sc2c2sc3c4sc(C=C5C(=O)c6cc(F)c(F)cc6C5=O)cc4n(C(C)CCC)c3c21. The lowest BCUT2D eigenvalue weighted by Gasteiger charge is -2.18. The number of carbonyl (C=O) groups is 4. The van der Waals surface area contributed by atoms with Gasteiger partial charge in [0.05, 0.1) is 52.0 Å². The number of benzene rings is 2. The summed E-state index contributed by atoms with van der Waals surface area (Å²) < 4.78 is 64.8. The van der Waals surface area contributed by atoms with Gasteiger partial charge in [-0.1, -0.05) is 26.7 Å². The van der Waals surface area contributed by atoms with Gasteiger partial charge in [-0.05, 0) is 75.2 Å². The van der Waals surface area contributed by atoms with Crippen molar-refractivity contribution in [3.8, 4) is 0 Å². The number of carbonyl (C=O) groups excluding carboxylic acids is 4. The predicted octanol–water partition coefficient (Wildman–Crippen LogP) is 12.3. The molecule has 0 N–H and O–H groups in total. The number of hydrogen-bond donors (Lipinski definition) is 0. The normalized spacial score (nSPS) is 15.5. The molecule has 0 saturated carbocycles. The quantitative estimate of drug-likeness (QED) is 0.0871. The number of aromatic nitrogens is 2. The molecule has 0 bridgehead atoms. The van der Waals surface area contributed by atoms with E-state index in [2.05, 4.69) is 36.8 Å². The highest BCUT2D eigenvalue weighted by Crippen LogP contribution is 2.52. The maximum atomic E-state index is 14.0. The molecule has 0 fully saturated rings. The van der Waals surface area contributed by atoms with Gasteiger partial charge in [0.15, 0.2) is 46.4 Å². The van der Waals surface area contributed by atoms with Crippen LogP contribution in [0.2, 0.25) is 0 Å². The molecule has 2 atom stereocenters. The molecule has 0 radical (unpaired) electrons. The van der Waals surface area contributed by atoms with Gasteiger partial charge in [-0.2, -0.15) is 0 Å². The molecule has 2 unspecified atom stereocenters. The van der Waals surface area contributed by atoms with Gasteiger partial charge in [-0.3, -0.25) is 19.2 Å². The Labute approximate surface area is 323 Å². The lowest BCUT2D eigenvalue weighted by molar-refractivity contribution is 0.0975. The molecule has 6 nitrogen and oxygen atoms in total. The number of Topliss-reactive ketones (excluding diaryl/α,β-unsaturated/α-hetero) is 4. The van der Waals surface area contributed by atoms with Gasteiger partial charge in [0.1, 0.15) is 0 Å². The van der Waals surface area contributed by atoms with Crippen LogP contribution in [0, 0.1) is 23.3 Å². The molecule has 0 saturated heterocycles. The minimum Gasteiger partial charge on any atom is -0.334 e. The first-order valence-corrected chi connectivity index (χ1v) is 20.4. The molecule has 13 heteroatoms. The van der Waals surface area contributed by atoms with Gasteiger partial charge in [0.25, 0.3) is 0 Å². The summed E-state index contributed by atoms with van der Waals surface area (Å²) in [5.74, 6) is -7.30. The third-order valence-corrected chi connectivity index (χ3v) is 14.3. The van der Waals surface area contributed by atoms with E-state index in [4.69, 9.17) is 0 Å². The number of allylic oxidation sites excluding steroid dienone is 2. The van der Waals surface area contributed by atoms with Crippen molar-refractivity contribution >= 4 is 110 Å². The van der Waals surface area contributed by atoms with Gasteiger partial charge < -0.3 is 9.13 Å². The van der Waals surface area contributed by atoms with E-state index in [1.807, 2.05) is 12.1 Å². The first-order chi connectivity index (χ1) is 26.3. The highest BCUT2D eigenvalue weighted by molar-refractivity contribution is 7.34. The fourth-order valence-corrected chi connectivity index (χ4v) is 12.0. The fourth-order valence-electron chi connectivity index (χ4n) is 8.22. The molecule has 0 aliphatic heterocycles. The van der Waals surface area contributed by atoms with Crippen molar-refractivity contribution in [3.63, 3.8) is 0 Å². The fraction of sp³-hybridized carbons (Fsp3) is 0.238. The third kappa shape index (κ3) is 5.15. The van der Waals surface area contributed by atoms with Gasteiger partial charge in [0.2, 0.25) is 0 Å². The molecule has 2 aliphatic rings. The van der Waals surface area contributed by atoms with E-state index in [1.54, 1.807) is 11.3 Å². The third-order valence-electron chi connectivity index (χ3n) is 10.7. The molecular formula is C42H30F4N2O4S3. The summed E-state index contributed by atoms with van der Waals surface area (Å²) in [7, 11) is 0. The summed E-state index contributed by atoms with van der Waals surface area (Å²) in [6.45, 7) is 8.61. The van der Waals surface area contributed by atoms with Crippen molar-refractivity contribution in [2.45, 2.75) is 65.5 Å². The van der Waals surface area contributed by atoms with Crippen molar-refractivity contribution in [2.24, 2.45) is 0 Å². The van der Waals surface area contributed by atoms with Crippen LogP contribution in [0.5, 0.6) is 0 Å². The summed E-state index contributed by atoms with van der Waals surface area (Å²) in [6, 6.07) is 7.25. The Morgan fingerprint density at radius 1 is 0.527 bits per heavy atom. The summed E-state index contributed by atoms with van der Waals surface area (Å²) in [4.78, 5) is 54.3. The largest absolute Gasteiger partial charge is 0.334 e. The number of thiophene rings is 3. The zero-order valence-electron chi connectivity index (χ0n) is 29.9. The zero-order chi connectivity index (χ0) is 38.8. The molecule has 0 spiro atoms. The Bertz CT molecular complexity index is 2690. The van der Waals surface area contributed by atoms with Crippen LogP contribution in [-0.4, -0.2) is 32.3 Å². The highest BCUT2D eigenvalue weighted by atomic mass is 32.1. The van der Waals surface area contributed by atoms with Gasteiger partial charge in [-0.25, -0.2) is 17.6 Å². The molecule has 2 aromatic carbocycles. The molecule has 7 aromatic rings. The van der Waals surface area contributed by atoms with E-state index in [0.29, 0.717) is 9.75 Å². The van der Waals surface area contributed by atoms with Crippen LogP contribution < -0.4 is 0 Å². The molecule has 5 aromatic heterocycles. The zero-order valence-corrected chi connectivity index (χ0v) is 32.3. The Morgan fingerprint density at radius 3 is 1.16 bits per heavy atom. The smallest absolute Gasteiger partial charge is 0.197 e. The summed E-state index contributed by atoms with van der Waals surface area (Å²) >= 11 is 4.53. The van der Waals surface area contributed by atoms with Crippen LogP contribution >= 0.6 is 34.0 Å². The van der Waals surface area contributed by atoms with Crippen LogP contribution in [0.1, 0.15) is 117 Å². The van der Waals surface area contributed by atoms with E-state index in [0.717, 1.165) is 90.8 Å². The van der Waals surface area contributed by atoms with E-state index >= 15 is 0 Å². The van der Waals surface area contributed by atoms with Crippen molar-refractivity contribution in [1.29, 1.82) is 0 Å². The van der Waals surface area contributed by atoms with Crippen LogP contribution in [-0.2, 0) is 0 Å². The Kier molecular flexibility index (Phi) is 8.30. The summed E-state index contributed by atoms with van der Waals surface area (Å²) in [5, 5.41) is 0. The van der Waals surface area contributed by atoms with Gasteiger partial charge >= 0.3 is 0 Å². The van der Waals surface area contributed by atoms with Gasteiger partial charge in [-0.15, -0.1) is 34.0 Å². The highest BCUT2D eigenvalue weighted by Gasteiger charge is 2.37. The van der Waals surface area contributed by atoms with E-state index in [1.165, 1.54) is 34.8 Å². The lowest BCUT2D eigenvalue weighted by atomic mass is 10.1. The van der Waals surface area contributed by atoms with Crippen molar-refractivity contribution in [2.75, 3.05) is 0 Å². The standard InChI is InChI=1S/C42H30F4N2O4S3/c1-5-7-17(3)47-31-11-19(9-25-35(49)21-13-27(43)28(44)14-22(21)36(25)50)53-39(31)41-33(47)34-42(55-41)40-32(48(34)18(4)8-6-2)12-20(54-40)10-26-37(51)23-15-29(45)30(46)16-24(23)38(26)52/h9-18H,5-8H2,1-4H3. The van der Waals surface area contributed by atoms with Crippen LogP contribution in [0.25, 0.3) is 53.0 Å². The number of ketones is 4. The molecular weight excluding hydrogens is 769 g/mol. The summed E-state index contributed by atoms with van der Waals surface area (Å²) in [6.07, 6.45) is 6.69. The minimum absolute atomic E-state index is 0.0849. The number of hydrogen-bond acceptors (Lipinski definition) is 7. The first-order valence-electron chi connectivity index (χ1n) is 18.0. The summed E-state index contributed by atoms with van der Waals surface area (Å²) in [5.41, 5.74) is 3.23.